The highest BCUT2D eigenvalue weighted by molar-refractivity contribution is 5.72. The van der Waals surface area contributed by atoms with Crippen LogP contribution in [0.25, 0.3) is 11.0 Å². The van der Waals surface area contributed by atoms with Gasteiger partial charge in [-0.2, -0.15) is 5.10 Å². The van der Waals surface area contributed by atoms with Gasteiger partial charge in [-0.1, -0.05) is 6.07 Å². The van der Waals surface area contributed by atoms with E-state index in [2.05, 4.69) is 30.3 Å². The number of hydrogen-bond acceptors (Lipinski definition) is 6. The van der Waals surface area contributed by atoms with Crippen LogP contribution in [0.3, 0.4) is 0 Å². The molecule has 0 bridgehead atoms. The second-order valence-corrected chi connectivity index (χ2v) is 6.50. The zero-order valence-corrected chi connectivity index (χ0v) is 14.1. The molecule has 0 spiro atoms. The second-order valence-electron chi connectivity index (χ2n) is 6.50. The van der Waals surface area contributed by atoms with Gasteiger partial charge >= 0.3 is 0 Å². The summed E-state index contributed by atoms with van der Waals surface area (Å²) in [5, 5.41) is 8.02. The Morgan fingerprint density at radius 3 is 3.16 bits per heavy atom. The van der Waals surface area contributed by atoms with E-state index in [-0.39, 0.29) is 5.56 Å². The molecule has 1 aliphatic heterocycles. The summed E-state index contributed by atoms with van der Waals surface area (Å²) in [6, 6.07) is 5.87. The average molecular weight is 339 g/mol. The van der Waals surface area contributed by atoms with Crippen molar-refractivity contribution in [3.8, 4) is 0 Å². The Hall–Kier alpha value is -2.74. The fourth-order valence-corrected chi connectivity index (χ4v) is 3.30. The summed E-state index contributed by atoms with van der Waals surface area (Å²) in [6.07, 6.45) is 4.47. The molecule has 1 saturated heterocycles. The van der Waals surface area contributed by atoms with Crippen molar-refractivity contribution in [2.45, 2.75) is 13.0 Å². The number of H-pyrrole nitrogens is 1. The summed E-state index contributed by atoms with van der Waals surface area (Å²) in [7, 11) is 1.80. The second kappa shape index (κ2) is 6.64. The van der Waals surface area contributed by atoms with E-state index < -0.39 is 0 Å². The predicted octanol–water partition coefficient (Wildman–Crippen LogP) is 0.986. The Bertz CT molecular complexity index is 918. The number of hydrogen-bond donors (Lipinski definition) is 2. The number of anilines is 1. The quantitative estimate of drug-likeness (QED) is 0.720. The summed E-state index contributed by atoms with van der Waals surface area (Å²) in [5.74, 6) is 2.17. The van der Waals surface area contributed by atoms with Crippen LogP contribution in [0.5, 0.6) is 0 Å². The van der Waals surface area contributed by atoms with Gasteiger partial charge in [0.05, 0.1) is 12.7 Å². The zero-order chi connectivity index (χ0) is 17.2. The van der Waals surface area contributed by atoms with Crippen molar-refractivity contribution >= 4 is 16.9 Å². The smallest absolute Gasteiger partial charge is 0.262 e. The fourth-order valence-electron chi connectivity index (χ4n) is 3.30. The van der Waals surface area contributed by atoms with Gasteiger partial charge in [0.15, 0.2) is 5.65 Å². The number of aromatic nitrogens is 5. The molecule has 4 rings (SSSR count). The molecular formula is C17H21N7O. The van der Waals surface area contributed by atoms with E-state index in [0.717, 1.165) is 31.9 Å². The number of pyridine rings is 1. The van der Waals surface area contributed by atoms with E-state index in [1.54, 1.807) is 24.1 Å². The summed E-state index contributed by atoms with van der Waals surface area (Å²) in [5.41, 5.74) is 0.506. The van der Waals surface area contributed by atoms with E-state index in [1.807, 2.05) is 18.2 Å². The van der Waals surface area contributed by atoms with Crippen LogP contribution >= 0.6 is 0 Å². The Morgan fingerprint density at radius 1 is 1.40 bits per heavy atom. The summed E-state index contributed by atoms with van der Waals surface area (Å²) in [6.45, 7) is 3.53. The summed E-state index contributed by atoms with van der Waals surface area (Å²) < 4.78 is 1.64. The number of aryl methyl sites for hydroxylation is 1. The molecule has 8 nitrogen and oxygen atoms in total. The molecule has 2 N–H and O–H groups in total. The van der Waals surface area contributed by atoms with Crippen LogP contribution in [0.15, 0.2) is 35.4 Å². The maximum atomic E-state index is 12.1. The van der Waals surface area contributed by atoms with Crippen LogP contribution in [0, 0.1) is 5.92 Å². The van der Waals surface area contributed by atoms with E-state index in [9.17, 15) is 4.79 Å². The van der Waals surface area contributed by atoms with Gasteiger partial charge in [0.1, 0.15) is 17.0 Å². The predicted molar refractivity (Wildman–Crippen MR) is 95.2 cm³/mol. The van der Waals surface area contributed by atoms with Gasteiger partial charge in [0.25, 0.3) is 5.56 Å². The Balaban J connectivity index is 1.38. The number of fused-ring (bicyclic) bond motifs is 1. The standard InChI is InChI=1S/C17H21N7O/c1-23-16-13(9-20-23)17(25)22-15(21-16)11-24-7-5-12(10-24)8-19-14-4-2-3-6-18-14/h2-4,6,9,12H,5,7-8,10-11H2,1H3,(H,18,19)(H,21,22,25)/t12-/m0/s1. The van der Waals surface area contributed by atoms with Crippen LogP contribution < -0.4 is 10.9 Å². The molecule has 1 atom stereocenters. The van der Waals surface area contributed by atoms with E-state index in [1.165, 1.54) is 0 Å². The number of rotatable bonds is 5. The third-order valence-electron chi connectivity index (χ3n) is 4.63. The van der Waals surface area contributed by atoms with Crippen LogP contribution in [0.2, 0.25) is 0 Å². The molecule has 0 aliphatic carbocycles. The molecule has 3 aromatic heterocycles. The van der Waals surface area contributed by atoms with Crippen molar-refractivity contribution in [3.05, 3.63) is 46.8 Å². The minimum atomic E-state index is -0.124. The summed E-state index contributed by atoms with van der Waals surface area (Å²) in [4.78, 5) is 26.2. The first kappa shape index (κ1) is 15.8. The SMILES string of the molecule is Cn1ncc2c(=O)[nH]c(CN3CC[C@@H](CNc4ccccn4)C3)nc21. The van der Waals surface area contributed by atoms with E-state index in [4.69, 9.17) is 0 Å². The summed E-state index contributed by atoms with van der Waals surface area (Å²) >= 11 is 0. The fraction of sp³-hybridized carbons (Fsp3) is 0.412. The maximum absolute atomic E-state index is 12.1. The Labute approximate surface area is 144 Å². The molecule has 130 valence electrons. The molecular weight excluding hydrogens is 318 g/mol. The molecule has 0 radical (unpaired) electrons. The lowest BCUT2D eigenvalue weighted by Crippen LogP contribution is -2.25. The lowest BCUT2D eigenvalue weighted by Gasteiger charge is -2.16. The number of aromatic amines is 1. The molecule has 0 saturated carbocycles. The highest BCUT2D eigenvalue weighted by Gasteiger charge is 2.23. The van der Waals surface area contributed by atoms with Gasteiger partial charge < -0.3 is 10.3 Å². The van der Waals surface area contributed by atoms with Crippen LogP contribution in [0.4, 0.5) is 5.82 Å². The Morgan fingerprint density at radius 2 is 2.32 bits per heavy atom. The van der Waals surface area contributed by atoms with Gasteiger partial charge in [-0.15, -0.1) is 0 Å². The van der Waals surface area contributed by atoms with E-state index >= 15 is 0 Å². The molecule has 8 heteroatoms. The van der Waals surface area contributed by atoms with Crippen molar-refractivity contribution < 1.29 is 0 Å². The lowest BCUT2D eigenvalue weighted by atomic mass is 10.1. The normalized spacial score (nSPS) is 18.0. The Kier molecular flexibility index (Phi) is 4.19. The number of nitrogens with zero attached hydrogens (tertiary/aromatic N) is 5. The molecule has 1 aliphatic rings. The van der Waals surface area contributed by atoms with Gasteiger partial charge in [-0.3, -0.25) is 14.4 Å². The molecule has 1 fully saturated rings. The zero-order valence-electron chi connectivity index (χ0n) is 14.1. The minimum Gasteiger partial charge on any atom is -0.370 e. The highest BCUT2D eigenvalue weighted by Crippen LogP contribution is 2.18. The van der Waals surface area contributed by atoms with Crippen LogP contribution in [-0.2, 0) is 13.6 Å². The highest BCUT2D eigenvalue weighted by atomic mass is 16.1. The molecule has 25 heavy (non-hydrogen) atoms. The molecule has 0 aromatic carbocycles. The molecule has 3 aromatic rings. The number of likely N-dealkylation sites (tertiary alicyclic amines) is 1. The number of nitrogens with one attached hydrogen (secondary N) is 2. The lowest BCUT2D eigenvalue weighted by molar-refractivity contribution is 0.310. The minimum absolute atomic E-state index is 0.124. The first-order valence-electron chi connectivity index (χ1n) is 8.47. The van der Waals surface area contributed by atoms with Crippen molar-refractivity contribution in [3.63, 3.8) is 0 Å². The topological polar surface area (TPSA) is 91.7 Å². The van der Waals surface area contributed by atoms with E-state index in [0.29, 0.717) is 29.3 Å². The van der Waals surface area contributed by atoms with Crippen molar-refractivity contribution in [1.29, 1.82) is 0 Å². The maximum Gasteiger partial charge on any atom is 0.262 e. The van der Waals surface area contributed by atoms with Gasteiger partial charge in [-0.05, 0) is 31.0 Å². The third kappa shape index (κ3) is 3.39. The van der Waals surface area contributed by atoms with Gasteiger partial charge in [0.2, 0.25) is 0 Å². The van der Waals surface area contributed by atoms with Crippen LogP contribution in [0.1, 0.15) is 12.2 Å². The van der Waals surface area contributed by atoms with Crippen molar-refractivity contribution in [1.82, 2.24) is 29.6 Å². The first-order chi connectivity index (χ1) is 12.2. The third-order valence-corrected chi connectivity index (χ3v) is 4.63. The first-order valence-corrected chi connectivity index (χ1v) is 8.47. The monoisotopic (exact) mass is 339 g/mol. The van der Waals surface area contributed by atoms with Crippen molar-refractivity contribution in [2.24, 2.45) is 13.0 Å². The molecule has 0 amide bonds. The largest absolute Gasteiger partial charge is 0.370 e. The van der Waals surface area contributed by atoms with Gasteiger partial charge in [0, 0.05) is 26.3 Å². The molecule has 0 unspecified atom stereocenters. The van der Waals surface area contributed by atoms with Gasteiger partial charge in [-0.25, -0.2) is 9.97 Å². The molecule has 4 heterocycles. The van der Waals surface area contributed by atoms with Crippen molar-refractivity contribution in [2.75, 3.05) is 25.0 Å². The van der Waals surface area contributed by atoms with Crippen LogP contribution in [-0.4, -0.2) is 49.3 Å². The average Bonchev–Trinajstić information content (AvgIpc) is 3.22.